The second kappa shape index (κ2) is 5.07. The minimum Gasteiger partial charge on any atom is -0.293 e. The van der Waals surface area contributed by atoms with Crippen molar-refractivity contribution in [2.75, 3.05) is 0 Å². The number of halogens is 3. The standard InChI is InChI=1S/C10H9BrF2OS/c1-5(11)9(14)8-6(10(12)13)3-2-4-7(8)15/h2-5,10,15H,1H3. The lowest BCUT2D eigenvalue weighted by Crippen LogP contribution is -2.13. The second-order valence-electron chi connectivity index (χ2n) is 3.02. The molecule has 0 radical (unpaired) electrons. The molecule has 0 aromatic heterocycles. The number of benzene rings is 1. The zero-order chi connectivity index (χ0) is 11.6. The molecule has 0 saturated heterocycles. The number of Topliss-reactive ketones (excluding diaryl/α,β-unsaturated/α-hetero) is 1. The van der Waals surface area contributed by atoms with Gasteiger partial charge in [0.05, 0.1) is 4.83 Å². The fraction of sp³-hybridized carbons (Fsp3) is 0.300. The maximum absolute atomic E-state index is 12.6. The van der Waals surface area contributed by atoms with Gasteiger partial charge in [-0.25, -0.2) is 8.78 Å². The minimum atomic E-state index is -2.66. The van der Waals surface area contributed by atoms with Crippen LogP contribution in [0.25, 0.3) is 0 Å². The highest BCUT2D eigenvalue weighted by Gasteiger charge is 2.22. The van der Waals surface area contributed by atoms with E-state index in [0.29, 0.717) is 0 Å². The molecule has 15 heavy (non-hydrogen) atoms. The van der Waals surface area contributed by atoms with Crippen molar-refractivity contribution in [3.05, 3.63) is 29.3 Å². The zero-order valence-electron chi connectivity index (χ0n) is 7.88. The van der Waals surface area contributed by atoms with E-state index in [1.54, 1.807) is 6.92 Å². The molecule has 1 rings (SSSR count). The Kier molecular flexibility index (Phi) is 4.28. The molecule has 1 atom stereocenters. The maximum Gasteiger partial charge on any atom is 0.264 e. The molecule has 1 unspecified atom stereocenters. The largest absolute Gasteiger partial charge is 0.293 e. The molecule has 0 aliphatic carbocycles. The lowest BCUT2D eigenvalue weighted by molar-refractivity contribution is 0.0978. The molecular formula is C10H9BrF2OS. The van der Waals surface area contributed by atoms with Gasteiger partial charge in [0, 0.05) is 16.0 Å². The Labute approximate surface area is 100 Å². The van der Waals surface area contributed by atoms with Gasteiger partial charge in [-0.15, -0.1) is 12.6 Å². The number of alkyl halides is 3. The summed E-state index contributed by atoms with van der Waals surface area (Å²) in [7, 11) is 0. The zero-order valence-corrected chi connectivity index (χ0v) is 10.4. The predicted octanol–water partition coefficient (Wildman–Crippen LogP) is 3.88. The Morgan fingerprint density at radius 3 is 2.53 bits per heavy atom. The van der Waals surface area contributed by atoms with Crippen LogP contribution < -0.4 is 0 Å². The molecule has 0 heterocycles. The summed E-state index contributed by atoms with van der Waals surface area (Å²) in [6.07, 6.45) is -2.66. The van der Waals surface area contributed by atoms with Gasteiger partial charge in [-0.05, 0) is 13.0 Å². The topological polar surface area (TPSA) is 17.1 Å². The van der Waals surface area contributed by atoms with Crippen LogP contribution in [-0.2, 0) is 0 Å². The van der Waals surface area contributed by atoms with Gasteiger partial charge >= 0.3 is 0 Å². The molecule has 0 aliphatic heterocycles. The third-order valence-electron chi connectivity index (χ3n) is 1.92. The van der Waals surface area contributed by atoms with Crippen molar-refractivity contribution < 1.29 is 13.6 Å². The van der Waals surface area contributed by atoms with Gasteiger partial charge in [0.15, 0.2) is 5.78 Å². The van der Waals surface area contributed by atoms with E-state index in [1.165, 1.54) is 18.2 Å². The minimum absolute atomic E-state index is 0.000193. The molecule has 0 spiro atoms. The van der Waals surface area contributed by atoms with Crippen molar-refractivity contribution in [3.8, 4) is 0 Å². The van der Waals surface area contributed by atoms with Crippen LogP contribution in [0.1, 0.15) is 29.3 Å². The van der Waals surface area contributed by atoms with Crippen LogP contribution in [-0.4, -0.2) is 10.6 Å². The van der Waals surface area contributed by atoms with Gasteiger partial charge in [-0.2, -0.15) is 0 Å². The van der Waals surface area contributed by atoms with E-state index in [9.17, 15) is 13.6 Å². The van der Waals surface area contributed by atoms with E-state index >= 15 is 0 Å². The van der Waals surface area contributed by atoms with Crippen molar-refractivity contribution in [2.24, 2.45) is 0 Å². The molecule has 0 aliphatic rings. The number of hydrogen-bond donors (Lipinski definition) is 1. The quantitative estimate of drug-likeness (QED) is 0.509. The summed E-state index contributed by atoms with van der Waals surface area (Å²) < 4.78 is 25.3. The van der Waals surface area contributed by atoms with Crippen molar-refractivity contribution >= 4 is 34.3 Å². The third kappa shape index (κ3) is 2.78. The average Bonchev–Trinajstić information content (AvgIpc) is 2.16. The second-order valence-corrected chi connectivity index (χ2v) is 4.88. The van der Waals surface area contributed by atoms with Crippen LogP contribution in [0.4, 0.5) is 8.78 Å². The molecule has 82 valence electrons. The van der Waals surface area contributed by atoms with Crippen molar-refractivity contribution in [1.29, 1.82) is 0 Å². The monoisotopic (exact) mass is 294 g/mol. The van der Waals surface area contributed by atoms with Crippen LogP contribution >= 0.6 is 28.6 Å². The van der Waals surface area contributed by atoms with Crippen LogP contribution in [0.5, 0.6) is 0 Å². The first-order chi connectivity index (χ1) is 6.95. The van der Waals surface area contributed by atoms with E-state index in [2.05, 4.69) is 28.6 Å². The van der Waals surface area contributed by atoms with E-state index in [4.69, 9.17) is 0 Å². The Morgan fingerprint density at radius 1 is 1.47 bits per heavy atom. The summed E-state index contributed by atoms with van der Waals surface area (Å²) >= 11 is 7.09. The van der Waals surface area contributed by atoms with Crippen molar-refractivity contribution in [1.82, 2.24) is 0 Å². The molecule has 0 amide bonds. The van der Waals surface area contributed by atoms with Gasteiger partial charge in [-0.3, -0.25) is 4.79 Å². The van der Waals surface area contributed by atoms with E-state index in [0.717, 1.165) is 0 Å². The van der Waals surface area contributed by atoms with Gasteiger partial charge in [-0.1, -0.05) is 28.1 Å². The molecule has 0 N–H and O–H groups in total. The van der Waals surface area contributed by atoms with Crippen LogP contribution in [0.15, 0.2) is 23.1 Å². The highest BCUT2D eigenvalue weighted by molar-refractivity contribution is 9.10. The van der Waals surface area contributed by atoms with E-state index < -0.39 is 11.3 Å². The van der Waals surface area contributed by atoms with Gasteiger partial charge in [0.2, 0.25) is 0 Å². The van der Waals surface area contributed by atoms with Gasteiger partial charge < -0.3 is 0 Å². The summed E-state index contributed by atoms with van der Waals surface area (Å²) in [4.78, 5) is 11.4. The highest BCUT2D eigenvalue weighted by Crippen LogP contribution is 2.29. The Balaban J connectivity index is 3.31. The summed E-state index contributed by atoms with van der Waals surface area (Å²) in [6, 6.07) is 4.23. The molecular weight excluding hydrogens is 286 g/mol. The third-order valence-corrected chi connectivity index (χ3v) is 2.71. The van der Waals surface area contributed by atoms with Crippen LogP contribution in [0.3, 0.4) is 0 Å². The molecule has 0 fully saturated rings. The summed E-state index contributed by atoms with van der Waals surface area (Å²) in [5, 5.41) is 0. The first-order valence-electron chi connectivity index (χ1n) is 4.23. The van der Waals surface area contributed by atoms with Gasteiger partial charge in [0.1, 0.15) is 0 Å². The van der Waals surface area contributed by atoms with E-state index in [-0.39, 0.29) is 21.8 Å². The Bertz CT molecular complexity index is 380. The number of carbonyl (C=O) groups is 1. The SMILES string of the molecule is CC(Br)C(=O)c1c(S)cccc1C(F)F. The first-order valence-corrected chi connectivity index (χ1v) is 5.59. The van der Waals surface area contributed by atoms with Crippen LogP contribution in [0.2, 0.25) is 0 Å². The van der Waals surface area contributed by atoms with Gasteiger partial charge in [0.25, 0.3) is 6.43 Å². The van der Waals surface area contributed by atoms with Crippen molar-refractivity contribution in [3.63, 3.8) is 0 Å². The van der Waals surface area contributed by atoms with Crippen molar-refractivity contribution in [2.45, 2.75) is 23.1 Å². The maximum atomic E-state index is 12.6. The van der Waals surface area contributed by atoms with Crippen LogP contribution in [0, 0.1) is 0 Å². The lowest BCUT2D eigenvalue weighted by atomic mass is 10.0. The molecule has 1 aromatic carbocycles. The Hall–Kier alpha value is -0.420. The predicted molar refractivity (Wildman–Crippen MR) is 61.4 cm³/mol. The molecule has 1 nitrogen and oxygen atoms in total. The fourth-order valence-electron chi connectivity index (χ4n) is 1.21. The lowest BCUT2D eigenvalue weighted by Gasteiger charge is -2.11. The summed E-state index contributed by atoms with van der Waals surface area (Å²) in [5.74, 6) is -0.379. The summed E-state index contributed by atoms with van der Waals surface area (Å²) in [5.41, 5.74) is -0.265. The molecule has 0 saturated carbocycles. The number of carbonyl (C=O) groups excluding carboxylic acids is 1. The number of ketones is 1. The molecule has 0 bridgehead atoms. The van der Waals surface area contributed by atoms with E-state index in [1.807, 2.05) is 0 Å². The molecule has 5 heteroatoms. The summed E-state index contributed by atoms with van der Waals surface area (Å²) in [6.45, 7) is 1.60. The fourth-order valence-corrected chi connectivity index (χ4v) is 1.76. The molecule has 1 aromatic rings. The number of hydrogen-bond acceptors (Lipinski definition) is 2. The number of thiol groups is 1. The number of rotatable bonds is 3. The average molecular weight is 295 g/mol. The first kappa shape index (κ1) is 12.6. The normalized spacial score (nSPS) is 12.9. The highest BCUT2D eigenvalue weighted by atomic mass is 79.9. The Morgan fingerprint density at radius 2 is 2.07 bits per heavy atom. The smallest absolute Gasteiger partial charge is 0.264 e.